The number of halogens is 2. The van der Waals surface area contributed by atoms with Gasteiger partial charge >= 0.3 is 0 Å². The molecule has 0 amide bonds. The quantitative estimate of drug-likeness (QED) is 0.920. The lowest BCUT2D eigenvalue weighted by Crippen LogP contribution is -2.00. The molecule has 2 aliphatic rings. The fraction of sp³-hybridized carbons (Fsp3) is 0.438. The van der Waals surface area contributed by atoms with Crippen LogP contribution in [0.15, 0.2) is 18.2 Å². The molecular weight excluding hydrogens is 272 g/mol. The van der Waals surface area contributed by atoms with E-state index in [9.17, 15) is 8.78 Å². The van der Waals surface area contributed by atoms with Gasteiger partial charge in [0.1, 0.15) is 17.5 Å². The van der Waals surface area contributed by atoms with E-state index in [1.807, 2.05) is 0 Å². The van der Waals surface area contributed by atoms with E-state index in [-0.39, 0.29) is 0 Å². The topological polar surface area (TPSA) is 43.8 Å². The van der Waals surface area contributed by atoms with Gasteiger partial charge in [-0.15, -0.1) is 0 Å². The third kappa shape index (κ3) is 1.94. The number of nitrogen functional groups attached to an aromatic ring is 1. The van der Waals surface area contributed by atoms with Crippen molar-refractivity contribution >= 4 is 5.82 Å². The number of rotatable bonds is 2. The number of hydrogen-bond donors (Lipinski definition) is 1. The van der Waals surface area contributed by atoms with E-state index in [0.717, 1.165) is 36.4 Å². The van der Waals surface area contributed by atoms with Crippen molar-refractivity contribution in [3.8, 4) is 11.1 Å². The molecule has 2 atom stereocenters. The van der Waals surface area contributed by atoms with Crippen molar-refractivity contribution in [2.24, 2.45) is 18.9 Å². The Balaban J connectivity index is 1.83. The van der Waals surface area contributed by atoms with Gasteiger partial charge in [-0.1, -0.05) is 0 Å². The Kier molecular flexibility index (Phi) is 2.62. The van der Waals surface area contributed by atoms with Gasteiger partial charge in [-0.3, -0.25) is 4.68 Å². The van der Waals surface area contributed by atoms with Crippen LogP contribution in [0.4, 0.5) is 14.6 Å². The molecule has 1 aromatic heterocycles. The normalized spacial score (nSPS) is 26.9. The second kappa shape index (κ2) is 4.29. The average molecular weight is 289 g/mol. The molecule has 0 radical (unpaired) electrons. The lowest BCUT2D eigenvalue weighted by molar-refractivity contribution is 0.583. The summed E-state index contributed by atoms with van der Waals surface area (Å²) in [5.41, 5.74) is 7.95. The predicted molar refractivity (Wildman–Crippen MR) is 76.5 cm³/mol. The Morgan fingerprint density at radius 3 is 2.57 bits per heavy atom. The zero-order valence-corrected chi connectivity index (χ0v) is 11.8. The van der Waals surface area contributed by atoms with Crippen LogP contribution in [0.1, 0.15) is 30.9 Å². The minimum absolute atomic E-state index is 0.344. The molecule has 4 rings (SSSR count). The van der Waals surface area contributed by atoms with Crippen LogP contribution in [0, 0.1) is 23.5 Å². The number of nitrogens with zero attached hydrogens (tertiary/aromatic N) is 2. The number of nitrogens with two attached hydrogens (primary N) is 1. The molecule has 2 fully saturated rings. The Morgan fingerprint density at radius 1 is 1.19 bits per heavy atom. The van der Waals surface area contributed by atoms with Crippen molar-refractivity contribution in [2.75, 3.05) is 5.73 Å². The van der Waals surface area contributed by atoms with E-state index in [1.54, 1.807) is 11.7 Å². The standard InChI is InChI=1S/C16H17F2N3/c1-21-16(19)14(12-3-2-11(17)7-13(12)18)15(20-21)10-5-8-4-9(8)6-10/h2-3,7-10H,4-6,19H2,1H3. The number of aryl methyl sites for hydroxylation is 1. The monoisotopic (exact) mass is 289 g/mol. The number of hydrogen-bond acceptors (Lipinski definition) is 2. The fourth-order valence-electron chi connectivity index (χ4n) is 3.75. The van der Waals surface area contributed by atoms with Gasteiger partial charge in [0.25, 0.3) is 0 Å². The van der Waals surface area contributed by atoms with E-state index in [0.29, 0.717) is 22.9 Å². The maximum absolute atomic E-state index is 14.1. The van der Waals surface area contributed by atoms with Gasteiger partial charge in [0.15, 0.2) is 0 Å². The van der Waals surface area contributed by atoms with Crippen molar-refractivity contribution in [3.05, 3.63) is 35.5 Å². The Bertz CT molecular complexity index is 713. The molecule has 110 valence electrons. The van der Waals surface area contributed by atoms with Crippen LogP contribution >= 0.6 is 0 Å². The lowest BCUT2D eigenvalue weighted by Gasteiger charge is -2.12. The molecule has 3 nitrogen and oxygen atoms in total. The smallest absolute Gasteiger partial charge is 0.134 e. The maximum atomic E-state index is 14.1. The zero-order valence-electron chi connectivity index (χ0n) is 11.8. The van der Waals surface area contributed by atoms with Gasteiger partial charge in [0, 0.05) is 24.6 Å². The van der Waals surface area contributed by atoms with E-state index in [2.05, 4.69) is 5.10 Å². The van der Waals surface area contributed by atoms with Crippen molar-refractivity contribution < 1.29 is 8.78 Å². The van der Waals surface area contributed by atoms with Gasteiger partial charge in [-0.05, 0) is 43.2 Å². The number of benzene rings is 1. The van der Waals surface area contributed by atoms with Gasteiger partial charge < -0.3 is 5.73 Å². The minimum atomic E-state index is -0.584. The maximum Gasteiger partial charge on any atom is 0.134 e. The molecule has 2 saturated carbocycles. The highest BCUT2D eigenvalue weighted by Gasteiger charge is 2.47. The molecule has 0 bridgehead atoms. The largest absolute Gasteiger partial charge is 0.383 e. The second-order valence-corrected chi connectivity index (χ2v) is 6.32. The average Bonchev–Trinajstić information content (AvgIpc) is 2.93. The summed E-state index contributed by atoms with van der Waals surface area (Å²) in [6, 6.07) is 3.62. The molecule has 0 spiro atoms. The van der Waals surface area contributed by atoms with E-state index < -0.39 is 11.6 Å². The number of fused-ring (bicyclic) bond motifs is 1. The van der Waals surface area contributed by atoms with Crippen molar-refractivity contribution in [1.82, 2.24) is 9.78 Å². The van der Waals surface area contributed by atoms with Gasteiger partial charge in [0.05, 0.1) is 11.3 Å². The molecule has 0 saturated heterocycles. The summed E-state index contributed by atoms with van der Waals surface area (Å²) in [6.45, 7) is 0. The molecule has 0 aliphatic heterocycles. The van der Waals surface area contributed by atoms with Crippen LogP contribution in [0.25, 0.3) is 11.1 Å². The predicted octanol–water partition coefficient (Wildman–Crippen LogP) is 3.46. The number of anilines is 1. The molecule has 1 aromatic carbocycles. The van der Waals surface area contributed by atoms with E-state index in [1.165, 1.54) is 18.6 Å². The first kappa shape index (κ1) is 12.8. The second-order valence-electron chi connectivity index (χ2n) is 6.32. The van der Waals surface area contributed by atoms with Gasteiger partial charge in [0.2, 0.25) is 0 Å². The third-order valence-corrected chi connectivity index (χ3v) is 4.95. The molecule has 1 heterocycles. The molecule has 2 unspecified atom stereocenters. The van der Waals surface area contributed by atoms with Gasteiger partial charge in [-0.2, -0.15) is 5.10 Å². The molecular formula is C16H17F2N3. The van der Waals surface area contributed by atoms with Crippen molar-refractivity contribution in [3.63, 3.8) is 0 Å². The first-order valence-corrected chi connectivity index (χ1v) is 7.32. The van der Waals surface area contributed by atoms with Crippen LogP contribution in [0.2, 0.25) is 0 Å². The summed E-state index contributed by atoms with van der Waals surface area (Å²) in [6.07, 6.45) is 3.53. The summed E-state index contributed by atoms with van der Waals surface area (Å²) in [5.74, 6) is 1.24. The Morgan fingerprint density at radius 2 is 1.90 bits per heavy atom. The highest BCUT2D eigenvalue weighted by Crippen LogP contribution is 2.58. The third-order valence-electron chi connectivity index (χ3n) is 4.95. The van der Waals surface area contributed by atoms with Crippen LogP contribution in [0.3, 0.4) is 0 Å². The van der Waals surface area contributed by atoms with Crippen molar-refractivity contribution in [2.45, 2.75) is 25.2 Å². The lowest BCUT2D eigenvalue weighted by atomic mass is 9.93. The Hall–Kier alpha value is -1.91. The van der Waals surface area contributed by atoms with Crippen LogP contribution in [-0.2, 0) is 7.05 Å². The minimum Gasteiger partial charge on any atom is -0.383 e. The molecule has 2 aromatic rings. The highest BCUT2D eigenvalue weighted by atomic mass is 19.1. The summed E-state index contributed by atoms with van der Waals surface area (Å²) in [7, 11) is 1.76. The fourth-order valence-corrected chi connectivity index (χ4v) is 3.75. The summed E-state index contributed by atoms with van der Waals surface area (Å²) >= 11 is 0. The molecule has 5 heteroatoms. The first-order valence-electron chi connectivity index (χ1n) is 7.32. The molecule has 2 aliphatic carbocycles. The summed E-state index contributed by atoms with van der Waals surface area (Å²) in [5, 5.41) is 4.52. The van der Waals surface area contributed by atoms with E-state index in [4.69, 9.17) is 5.73 Å². The molecule has 21 heavy (non-hydrogen) atoms. The summed E-state index contributed by atoms with van der Waals surface area (Å²) < 4.78 is 28.9. The van der Waals surface area contributed by atoms with Crippen LogP contribution in [-0.4, -0.2) is 9.78 Å². The SMILES string of the molecule is Cn1nc(C2CC3CC3C2)c(-c2ccc(F)cc2F)c1N. The molecule has 2 N–H and O–H groups in total. The first-order chi connectivity index (χ1) is 10.0. The van der Waals surface area contributed by atoms with Crippen LogP contribution < -0.4 is 5.73 Å². The Labute approximate surface area is 121 Å². The van der Waals surface area contributed by atoms with Gasteiger partial charge in [-0.25, -0.2) is 8.78 Å². The number of aromatic nitrogens is 2. The van der Waals surface area contributed by atoms with E-state index >= 15 is 0 Å². The summed E-state index contributed by atoms with van der Waals surface area (Å²) in [4.78, 5) is 0. The van der Waals surface area contributed by atoms with Crippen molar-refractivity contribution in [1.29, 1.82) is 0 Å². The highest BCUT2D eigenvalue weighted by molar-refractivity contribution is 5.77. The van der Waals surface area contributed by atoms with Crippen LogP contribution in [0.5, 0.6) is 0 Å². The zero-order chi connectivity index (χ0) is 14.7.